The second kappa shape index (κ2) is 7.67. The highest BCUT2D eigenvalue weighted by Gasteiger charge is 2.40. The fourth-order valence-electron chi connectivity index (χ4n) is 4.35. The standard InChI is InChI=1S/C23H21NO6/c1-12(25)29-14-9-10-18(20(11-14)30-13(2)26)21-16-6-3-5-15(16)17-7-4-8-19(23(27)28)22(17)24-21/h3-5,7-11,15-16,21,24H,6H2,1-2H3,(H,27,28)/t15-,16+,21+/m0/s1. The van der Waals surface area contributed by atoms with E-state index >= 15 is 0 Å². The molecular formula is C23H21NO6. The Kier molecular flexibility index (Phi) is 5.03. The number of benzene rings is 2. The summed E-state index contributed by atoms with van der Waals surface area (Å²) in [7, 11) is 0. The van der Waals surface area contributed by atoms with E-state index in [1.807, 2.05) is 6.07 Å². The molecule has 2 aliphatic rings. The maximum atomic E-state index is 11.8. The maximum Gasteiger partial charge on any atom is 0.337 e. The van der Waals surface area contributed by atoms with E-state index < -0.39 is 17.9 Å². The molecule has 0 fully saturated rings. The molecule has 7 nitrogen and oxygen atoms in total. The highest BCUT2D eigenvalue weighted by atomic mass is 16.5. The summed E-state index contributed by atoms with van der Waals surface area (Å²) in [5.41, 5.74) is 2.41. The number of esters is 2. The van der Waals surface area contributed by atoms with Gasteiger partial charge in [-0.1, -0.05) is 24.3 Å². The van der Waals surface area contributed by atoms with E-state index in [-0.39, 0.29) is 34.9 Å². The van der Waals surface area contributed by atoms with Crippen LogP contribution in [0.2, 0.25) is 0 Å². The second-order valence-corrected chi connectivity index (χ2v) is 7.44. The molecule has 1 aliphatic heterocycles. The summed E-state index contributed by atoms with van der Waals surface area (Å²) in [5.74, 6) is -1.28. The molecule has 0 saturated carbocycles. The van der Waals surface area contributed by atoms with Crippen molar-refractivity contribution in [2.24, 2.45) is 5.92 Å². The lowest BCUT2D eigenvalue weighted by molar-refractivity contribution is -0.132. The lowest BCUT2D eigenvalue weighted by atomic mass is 9.76. The van der Waals surface area contributed by atoms with E-state index in [0.717, 1.165) is 12.0 Å². The number of allylic oxidation sites excluding steroid dienone is 2. The molecule has 0 bridgehead atoms. The molecule has 2 aromatic carbocycles. The third-order valence-electron chi connectivity index (χ3n) is 5.46. The molecule has 1 aliphatic carbocycles. The molecule has 0 aromatic heterocycles. The summed E-state index contributed by atoms with van der Waals surface area (Å²) in [6.45, 7) is 2.59. The highest BCUT2D eigenvalue weighted by Crippen LogP contribution is 2.52. The van der Waals surface area contributed by atoms with Crippen molar-refractivity contribution in [3.63, 3.8) is 0 Å². The SMILES string of the molecule is CC(=O)Oc1ccc([C@@H]2Nc3c(C(=O)O)cccc3[C@H]3C=CC[C@H]32)c(OC(C)=O)c1. The fraction of sp³-hybridized carbons (Fsp3) is 0.261. The van der Waals surface area contributed by atoms with Crippen LogP contribution in [0.3, 0.4) is 0 Å². The number of anilines is 1. The topological polar surface area (TPSA) is 102 Å². The van der Waals surface area contributed by atoms with Gasteiger partial charge in [-0.25, -0.2) is 4.79 Å². The zero-order valence-electron chi connectivity index (χ0n) is 16.5. The van der Waals surface area contributed by atoms with E-state index in [1.54, 1.807) is 24.3 Å². The van der Waals surface area contributed by atoms with E-state index in [4.69, 9.17) is 9.47 Å². The highest BCUT2D eigenvalue weighted by molar-refractivity contribution is 5.95. The number of carboxylic acids is 1. The first kappa shape index (κ1) is 19.7. The fourth-order valence-corrected chi connectivity index (χ4v) is 4.35. The Bertz CT molecular complexity index is 1070. The minimum atomic E-state index is -1.01. The Hall–Kier alpha value is -3.61. The first-order chi connectivity index (χ1) is 14.3. The van der Waals surface area contributed by atoms with Crippen molar-refractivity contribution in [3.05, 3.63) is 65.2 Å². The van der Waals surface area contributed by atoms with Gasteiger partial charge < -0.3 is 19.9 Å². The van der Waals surface area contributed by atoms with Gasteiger partial charge in [-0.05, 0) is 36.1 Å². The number of aromatic carboxylic acids is 1. The van der Waals surface area contributed by atoms with Crippen LogP contribution in [0.1, 0.15) is 53.7 Å². The normalized spacial score (nSPS) is 21.2. The predicted octanol–water partition coefficient (Wildman–Crippen LogP) is 4.06. The van der Waals surface area contributed by atoms with Gasteiger partial charge >= 0.3 is 17.9 Å². The van der Waals surface area contributed by atoms with Gasteiger partial charge in [0.2, 0.25) is 0 Å². The number of carboxylic acid groups (broad SMARTS) is 1. The maximum absolute atomic E-state index is 11.8. The third-order valence-corrected chi connectivity index (χ3v) is 5.46. The molecule has 0 radical (unpaired) electrons. The van der Waals surface area contributed by atoms with Crippen LogP contribution in [-0.4, -0.2) is 23.0 Å². The van der Waals surface area contributed by atoms with Gasteiger partial charge in [-0.2, -0.15) is 0 Å². The molecule has 2 N–H and O–H groups in total. The number of hydrogen-bond acceptors (Lipinski definition) is 6. The number of rotatable bonds is 4. The lowest BCUT2D eigenvalue weighted by Gasteiger charge is -2.38. The van der Waals surface area contributed by atoms with Crippen LogP contribution in [0.4, 0.5) is 5.69 Å². The summed E-state index contributed by atoms with van der Waals surface area (Å²) in [5, 5.41) is 13.0. The van der Waals surface area contributed by atoms with Gasteiger partial charge in [0, 0.05) is 31.4 Å². The molecule has 3 atom stereocenters. The van der Waals surface area contributed by atoms with Crippen molar-refractivity contribution in [2.75, 3.05) is 5.32 Å². The smallest absolute Gasteiger partial charge is 0.337 e. The van der Waals surface area contributed by atoms with Crippen LogP contribution in [0, 0.1) is 5.92 Å². The third kappa shape index (κ3) is 3.54. The Morgan fingerprint density at radius 1 is 1.03 bits per heavy atom. The van der Waals surface area contributed by atoms with Crippen LogP contribution in [0.25, 0.3) is 0 Å². The number of carbonyl (C=O) groups is 3. The second-order valence-electron chi connectivity index (χ2n) is 7.44. The molecular weight excluding hydrogens is 386 g/mol. The number of fused-ring (bicyclic) bond motifs is 3. The van der Waals surface area contributed by atoms with Crippen molar-refractivity contribution < 1.29 is 29.0 Å². The van der Waals surface area contributed by atoms with Crippen LogP contribution >= 0.6 is 0 Å². The molecule has 0 amide bonds. The van der Waals surface area contributed by atoms with E-state index in [2.05, 4.69) is 17.5 Å². The molecule has 1 heterocycles. The van der Waals surface area contributed by atoms with Gasteiger partial charge in [0.25, 0.3) is 0 Å². The van der Waals surface area contributed by atoms with Crippen LogP contribution < -0.4 is 14.8 Å². The molecule has 154 valence electrons. The average molecular weight is 407 g/mol. The van der Waals surface area contributed by atoms with Gasteiger partial charge in [-0.3, -0.25) is 9.59 Å². The quantitative estimate of drug-likeness (QED) is 0.448. The Morgan fingerprint density at radius 2 is 1.80 bits per heavy atom. The van der Waals surface area contributed by atoms with Gasteiger partial charge in [0.15, 0.2) is 0 Å². The first-order valence-corrected chi connectivity index (χ1v) is 9.65. The monoisotopic (exact) mass is 407 g/mol. The molecule has 2 aromatic rings. The Balaban J connectivity index is 1.81. The predicted molar refractivity (Wildman–Crippen MR) is 109 cm³/mol. The van der Waals surface area contributed by atoms with E-state index in [9.17, 15) is 19.5 Å². The largest absolute Gasteiger partial charge is 0.478 e. The molecule has 0 spiro atoms. The minimum Gasteiger partial charge on any atom is -0.478 e. The number of ether oxygens (including phenoxy) is 2. The number of para-hydroxylation sites is 1. The number of nitrogens with one attached hydrogen (secondary N) is 1. The molecule has 7 heteroatoms. The zero-order valence-corrected chi connectivity index (χ0v) is 16.5. The molecule has 0 saturated heterocycles. The van der Waals surface area contributed by atoms with Crippen molar-refractivity contribution in [1.82, 2.24) is 0 Å². The Labute approximate surface area is 173 Å². The van der Waals surface area contributed by atoms with Crippen molar-refractivity contribution in [3.8, 4) is 11.5 Å². The van der Waals surface area contributed by atoms with E-state index in [0.29, 0.717) is 11.3 Å². The Morgan fingerprint density at radius 3 is 2.50 bits per heavy atom. The van der Waals surface area contributed by atoms with Gasteiger partial charge in [-0.15, -0.1) is 0 Å². The zero-order chi connectivity index (χ0) is 21.4. The summed E-state index contributed by atoms with van der Waals surface area (Å²) < 4.78 is 10.6. The van der Waals surface area contributed by atoms with Gasteiger partial charge in [0.1, 0.15) is 11.5 Å². The summed E-state index contributed by atoms with van der Waals surface area (Å²) in [4.78, 5) is 34.8. The van der Waals surface area contributed by atoms with Crippen LogP contribution in [0.15, 0.2) is 48.6 Å². The molecule has 4 rings (SSSR count). The average Bonchev–Trinajstić information content (AvgIpc) is 3.16. The number of carbonyl (C=O) groups excluding carboxylic acids is 2. The summed E-state index contributed by atoms with van der Waals surface area (Å²) >= 11 is 0. The molecule has 30 heavy (non-hydrogen) atoms. The van der Waals surface area contributed by atoms with Crippen molar-refractivity contribution in [2.45, 2.75) is 32.2 Å². The van der Waals surface area contributed by atoms with Crippen molar-refractivity contribution in [1.29, 1.82) is 0 Å². The molecule has 0 unspecified atom stereocenters. The van der Waals surface area contributed by atoms with E-state index in [1.165, 1.54) is 19.9 Å². The number of hydrogen-bond donors (Lipinski definition) is 2. The lowest BCUT2D eigenvalue weighted by Crippen LogP contribution is -2.30. The van der Waals surface area contributed by atoms with Crippen LogP contribution in [0.5, 0.6) is 11.5 Å². The summed E-state index contributed by atoms with van der Waals surface area (Å²) in [6, 6.07) is 9.87. The minimum absolute atomic E-state index is 0.0453. The van der Waals surface area contributed by atoms with Crippen LogP contribution in [-0.2, 0) is 9.59 Å². The first-order valence-electron chi connectivity index (χ1n) is 9.65. The summed E-state index contributed by atoms with van der Waals surface area (Å²) in [6.07, 6.45) is 4.98. The van der Waals surface area contributed by atoms with Gasteiger partial charge in [0.05, 0.1) is 17.3 Å². The van der Waals surface area contributed by atoms with Crippen molar-refractivity contribution >= 4 is 23.6 Å².